The first kappa shape index (κ1) is 20.5. The van der Waals surface area contributed by atoms with Crippen LogP contribution >= 0.6 is 0 Å². The molecule has 0 radical (unpaired) electrons. The van der Waals surface area contributed by atoms with Crippen LogP contribution in [0.15, 0.2) is 67.3 Å². The molecular formula is C24H24N4O3. The minimum absolute atomic E-state index is 0.0712. The summed E-state index contributed by atoms with van der Waals surface area (Å²) >= 11 is 0. The average molecular weight is 416 g/mol. The van der Waals surface area contributed by atoms with E-state index in [0.29, 0.717) is 12.1 Å². The fourth-order valence-corrected chi connectivity index (χ4v) is 3.40. The van der Waals surface area contributed by atoms with Crippen LogP contribution in [0.5, 0.6) is 5.75 Å². The summed E-state index contributed by atoms with van der Waals surface area (Å²) in [4.78, 5) is 32.9. The largest absolute Gasteiger partial charge is 0.497 e. The third-order valence-electron chi connectivity index (χ3n) is 5.50. The number of carbonyl (C=O) groups excluding carboxylic acids is 2. The molecule has 1 fully saturated rings. The highest BCUT2D eigenvalue weighted by Gasteiger charge is 2.50. The molecule has 0 spiro atoms. The van der Waals surface area contributed by atoms with Gasteiger partial charge in [0.1, 0.15) is 12.1 Å². The van der Waals surface area contributed by atoms with Gasteiger partial charge in [0.25, 0.3) is 0 Å². The second-order valence-electron chi connectivity index (χ2n) is 7.74. The summed E-state index contributed by atoms with van der Waals surface area (Å²) in [5, 5.41) is 6.31. The lowest BCUT2D eigenvalue weighted by molar-refractivity contribution is -0.126. The van der Waals surface area contributed by atoms with Crippen molar-refractivity contribution in [1.82, 2.24) is 15.3 Å². The molecule has 1 aliphatic carbocycles. The van der Waals surface area contributed by atoms with E-state index in [0.717, 1.165) is 35.5 Å². The number of benzene rings is 2. The molecule has 1 aromatic heterocycles. The molecule has 1 amide bonds. The second kappa shape index (κ2) is 8.95. The smallest absolute Gasteiger partial charge is 0.226 e. The number of nitrogens with zero attached hydrogens (tertiary/aromatic N) is 2. The van der Waals surface area contributed by atoms with E-state index in [2.05, 4.69) is 20.6 Å². The zero-order valence-corrected chi connectivity index (χ0v) is 17.3. The summed E-state index contributed by atoms with van der Waals surface area (Å²) < 4.78 is 5.17. The molecule has 1 saturated carbocycles. The maximum atomic E-state index is 12.7. The molecule has 7 nitrogen and oxygen atoms in total. The lowest BCUT2D eigenvalue weighted by atomic mass is 9.95. The quantitative estimate of drug-likeness (QED) is 0.514. The molecule has 3 aromatic rings. The summed E-state index contributed by atoms with van der Waals surface area (Å²) in [5.41, 5.74) is 2.76. The molecule has 0 unspecified atom stereocenters. The number of carbonyl (C=O) groups is 2. The Balaban J connectivity index is 1.29. The zero-order chi connectivity index (χ0) is 21.7. The molecule has 2 aromatic carbocycles. The highest BCUT2D eigenvalue weighted by Crippen LogP contribution is 2.49. The molecule has 31 heavy (non-hydrogen) atoms. The predicted octanol–water partition coefficient (Wildman–Crippen LogP) is 3.90. The van der Waals surface area contributed by atoms with Crippen LogP contribution in [0.2, 0.25) is 0 Å². The van der Waals surface area contributed by atoms with Crippen molar-refractivity contribution in [2.24, 2.45) is 5.41 Å². The number of rotatable bonds is 9. The molecule has 1 heterocycles. The predicted molar refractivity (Wildman–Crippen MR) is 117 cm³/mol. The van der Waals surface area contributed by atoms with Gasteiger partial charge in [-0.15, -0.1) is 0 Å². The minimum atomic E-state index is -0.594. The van der Waals surface area contributed by atoms with E-state index in [1.807, 2.05) is 48.5 Å². The summed E-state index contributed by atoms with van der Waals surface area (Å²) in [6.07, 6.45) is 6.01. The van der Waals surface area contributed by atoms with Gasteiger partial charge in [0.2, 0.25) is 5.91 Å². The van der Waals surface area contributed by atoms with E-state index in [9.17, 15) is 9.59 Å². The first-order valence-corrected chi connectivity index (χ1v) is 10.1. The highest BCUT2D eigenvalue weighted by molar-refractivity contribution is 6.00. The second-order valence-corrected chi connectivity index (χ2v) is 7.74. The summed E-state index contributed by atoms with van der Waals surface area (Å²) in [5.74, 6) is 0.643. The van der Waals surface area contributed by atoms with E-state index in [4.69, 9.17) is 4.74 Å². The monoisotopic (exact) mass is 416 g/mol. The number of ketones is 1. The summed E-state index contributed by atoms with van der Waals surface area (Å²) in [6, 6.07) is 15.6. The number of amides is 1. The number of hydrogen-bond donors (Lipinski definition) is 2. The number of hydrogen-bond acceptors (Lipinski definition) is 6. The van der Waals surface area contributed by atoms with E-state index < -0.39 is 5.41 Å². The van der Waals surface area contributed by atoms with E-state index in [1.165, 1.54) is 18.7 Å². The third kappa shape index (κ3) is 5.06. The van der Waals surface area contributed by atoms with Gasteiger partial charge in [0, 0.05) is 36.7 Å². The van der Waals surface area contributed by atoms with Gasteiger partial charge < -0.3 is 15.4 Å². The van der Waals surface area contributed by atoms with Gasteiger partial charge in [-0.3, -0.25) is 9.59 Å². The van der Waals surface area contributed by atoms with Gasteiger partial charge in [-0.25, -0.2) is 9.97 Å². The van der Waals surface area contributed by atoms with E-state index in [1.54, 1.807) is 7.11 Å². The zero-order valence-electron chi connectivity index (χ0n) is 17.3. The van der Waals surface area contributed by atoms with E-state index in [-0.39, 0.29) is 18.1 Å². The van der Waals surface area contributed by atoms with Crippen molar-refractivity contribution < 1.29 is 14.3 Å². The Bertz CT molecular complexity index is 1050. The van der Waals surface area contributed by atoms with Crippen molar-refractivity contribution in [3.63, 3.8) is 0 Å². The van der Waals surface area contributed by atoms with Gasteiger partial charge in [-0.2, -0.15) is 0 Å². The molecule has 1 aliphatic rings. The topological polar surface area (TPSA) is 93.2 Å². The van der Waals surface area contributed by atoms with Crippen LogP contribution in [0.1, 0.15) is 35.2 Å². The Kier molecular flexibility index (Phi) is 5.93. The van der Waals surface area contributed by atoms with Crippen LogP contribution in [-0.2, 0) is 11.3 Å². The molecule has 4 rings (SSSR count). The van der Waals surface area contributed by atoms with Gasteiger partial charge in [0.15, 0.2) is 5.78 Å². The lowest BCUT2D eigenvalue weighted by Gasteiger charge is -2.15. The molecule has 158 valence electrons. The van der Waals surface area contributed by atoms with Crippen LogP contribution in [0.25, 0.3) is 0 Å². The highest BCUT2D eigenvalue weighted by atomic mass is 16.5. The Labute approximate surface area is 180 Å². The van der Waals surface area contributed by atoms with Crippen molar-refractivity contribution in [1.29, 1.82) is 0 Å². The van der Waals surface area contributed by atoms with Crippen LogP contribution in [0.4, 0.5) is 11.4 Å². The number of aromatic nitrogens is 2. The van der Waals surface area contributed by atoms with Crippen molar-refractivity contribution >= 4 is 23.1 Å². The van der Waals surface area contributed by atoms with Gasteiger partial charge in [0.05, 0.1) is 18.1 Å². The molecule has 0 atom stereocenters. The van der Waals surface area contributed by atoms with E-state index >= 15 is 0 Å². The molecule has 0 saturated heterocycles. The number of anilines is 2. The lowest BCUT2D eigenvalue weighted by Crippen LogP contribution is -2.33. The average Bonchev–Trinajstić information content (AvgIpc) is 3.60. The van der Waals surface area contributed by atoms with Crippen molar-refractivity contribution in [3.8, 4) is 5.75 Å². The Morgan fingerprint density at radius 3 is 2.16 bits per heavy atom. The number of nitrogens with one attached hydrogen (secondary N) is 2. The number of ether oxygens (including phenoxy) is 1. The molecule has 2 N–H and O–H groups in total. The van der Waals surface area contributed by atoms with Crippen LogP contribution in [-0.4, -0.2) is 28.8 Å². The Morgan fingerprint density at radius 2 is 1.58 bits per heavy atom. The standard InChI is InChI=1S/C24H24N4O3/c1-31-21-8-6-20(7-9-21)28-19-4-2-17(3-5-19)13-27-23(30)24(10-11-24)12-22(29)18-14-25-16-26-15-18/h2-9,14-16,28H,10-13H2,1H3,(H,27,30). The third-order valence-corrected chi connectivity index (χ3v) is 5.50. The van der Waals surface area contributed by atoms with Crippen molar-refractivity contribution in [2.45, 2.75) is 25.8 Å². The Morgan fingerprint density at radius 1 is 0.968 bits per heavy atom. The molecular weight excluding hydrogens is 392 g/mol. The molecule has 0 bridgehead atoms. The van der Waals surface area contributed by atoms with Gasteiger partial charge in [-0.05, 0) is 54.8 Å². The van der Waals surface area contributed by atoms with Crippen molar-refractivity contribution in [2.75, 3.05) is 12.4 Å². The summed E-state index contributed by atoms with van der Waals surface area (Å²) in [6.45, 7) is 0.423. The normalized spacial score (nSPS) is 13.8. The van der Waals surface area contributed by atoms with Crippen LogP contribution in [0, 0.1) is 5.41 Å². The van der Waals surface area contributed by atoms with Crippen molar-refractivity contribution in [3.05, 3.63) is 78.4 Å². The number of Topliss-reactive ketones (excluding diaryl/α,β-unsaturated/α-hetero) is 1. The minimum Gasteiger partial charge on any atom is -0.497 e. The maximum absolute atomic E-state index is 12.7. The van der Waals surface area contributed by atoms with Crippen LogP contribution < -0.4 is 15.4 Å². The fourth-order valence-electron chi connectivity index (χ4n) is 3.40. The first-order chi connectivity index (χ1) is 15.1. The molecule has 0 aliphatic heterocycles. The SMILES string of the molecule is COc1ccc(Nc2ccc(CNC(=O)C3(CC(=O)c4cncnc4)CC3)cc2)cc1. The van der Waals surface area contributed by atoms with Gasteiger partial charge >= 0.3 is 0 Å². The first-order valence-electron chi connectivity index (χ1n) is 10.1. The molecule has 7 heteroatoms. The summed E-state index contributed by atoms with van der Waals surface area (Å²) in [7, 11) is 1.64. The van der Waals surface area contributed by atoms with Crippen LogP contribution in [0.3, 0.4) is 0 Å². The van der Waals surface area contributed by atoms with Gasteiger partial charge in [-0.1, -0.05) is 12.1 Å². The fraction of sp³-hybridized carbons (Fsp3) is 0.250. The maximum Gasteiger partial charge on any atom is 0.226 e. The Hall–Kier alpha value is -3.74. The number of methoxy groups -OCH3 is 1.